The van der Waals surface area contributed by atoms with Gasteiger partial charge in [-0.3, -0.25) is 10.2 Å². The molecule has 110 valence electrons. The van der Waals surface area contributed by atoms with E-state index in [0.717, 1.165) is 12.1 Å². The number of nitrogens with one attached hydrogen (secondary N) is 2. The summed E-state index contributed by atoms with van der Waals surface area (Å²) in [5.41, 5.74) is 2.28. The van der Waals surface area contributed by atoms with Gasteiger partial charge < -0.3 is 0 Å². The Hall–Kier alpha value is -1.77. The van der Waals surface area contributed by atoms with E-state index in [9.17, 15) is 17.6 Å². The number of sulfonamides is 1. The van der Waals surface area contributed by atoms with Gasteiger partial charge in [0.05, 0.1) is 0 Å². The van der Waals surface area contributed by atoms with E-state index in [-0.39, 0.29) is 5.56 Å². The van der Waals surface area contributed by atoms with E-state index in [2.05, 4.69) is 15.9 Å². The molecule has 8 heteroatoms. The number of amides is 1. The van der Waals surface area contributed by atoms with Gasteiger partial charge in [0, 0.05) is 10.0 Å². The van der Waals surface area contributed by atoms with E-state index in [1.165, 1.54) is 24.3 Å². The van der Waals surface area contributed by atoms with Crippen molar-refractivity contribution in [2.24, 2.45) is 0 Å². The molecule has 2 N–H and O–H groups in total. The van der Waals surface area contributed by atoms with Crippen molar-refractivity contribution < 1.29 is 17.6 Å². The fourth-order valence-corrected chi connectivity index (χ4v) is 2.85. The lowest BCUT2D eigenvalue weighted by Gasteiger charge is -2.09. The standard InChI is InChI=1S/C13H10BrFN2O3S/c14-10-5-3-4-9(8-10)13(18)16-17-21(19,20)12-7-2-1-6-11(12)15/h1-8,17H,(H,16,18). The van der Waals surface area contributed by atoms with Crippen molar-refractivity contribution in [1.82, 2.24) is 10.3 Å². The lowest BCUT2D eigenvalue weighted by atomic mass is 10.2. The molecule has 0 aliphatic carbocycles. The molecule has 0 fully saturated rings. The lowest BCUT2D eigenvalue weighted by molar-refractivity contribution is 0.0945. The molecule has 0 saturated carbocycles. The molecule has 0 unspecified atom stereocenters. The van der Waals surface area contributed by atoms with Crippen molar-refractivity contribution in [3.8, 4) is 0 Å². The summed E-state index contributed by atoms with van der Waals surface area (Å²) in [5.74, 6) is -1.56. The van der Waals surface area contributed by atoms with Crippen LogP contribution in [0.1, 0.15) is 10.4 Å². The largest absolute Gasteiger partial charge is 0.273 e. The van der Waals surface area contributed by atoms with Crippen LogP contribution in [0, 0.1) is 5.82 Å². The summed E-state index contributed by atoms with van der Waals surface area (Å²) in [6, 6.07) is 11.3. The van der Waals surface area contributed by atoms with Crippen molar-refractivity contribution in [2.75, 3.05) is 0 Å². The second kappa shape index (κ2) is 6.33. The Morgan fingerprint density at radius 1 is 1.10 bits per heavy atom. The fourth-order valence-electron chi connectivity index (χ4n) is 1.53. The molecule has 5 nitrogen and oxygen atoms in total. The first-order chi connectivity index (χ1) is 9.90. The van der Waals surface area contributed by atoms with Crippen LogP contribution in [0.5, 0.6) is 0 Å². The van der Waals surface area contributed by atoms with Gasteiger partial charge in [-0.05, 0) is 30.3 Å². The zero-order valence-corrected chi connectivity index (χ0v) is 12.9. The Kier molecular flexibility index (Phi) is 4.71. The van der Waals surface area contributed by atoms with Crippen LogP contribution in [-0.4, -0.2) is 14.3 Å². The van der Waals surface area contributed by atoms with Crippen LogP contribution in [0.3, 0.4) is 0 Å². The molecule has 0 heterocycles. The van der Waals surface area contributed by atoms with Crippen LogP contribution in [0.4, 0.5) is 4.39 Å². The summed E-state index contributed by atoms with van der Waals surface area (Å²) < 4.78 is 37.9. The van der Waals surface area contributed by atoms with Gasteiger partial charge in [-0.25, -0.2) is 12.8 Å². The summed E-state index contributed by atoms with van der Waals surface area (Å²) in [5, 5.41) is 0. The predicted molar refractivity (Wildman–Crippen MR) is 78.3 cm³/mol. The van der Waals surface area contributed by atoms with E-state index in [1.807, 2.05) is 10.3 Å². The average molecular weight is 373 g/mol. The predicted octanol–water partition coefficient (Wildman–Crippen LogP) is 2.21. The third-order valence-electron chi connectivity index (χ3n) is 2.51. The molecule has 0 spiro atoms. The minimum Gasteiger partial charge on any atom is -0.273 e. The van der Waals surface area contributed by atoms with Gasteiger partial charge in [0.15, 0.2) is 0 Å². The van der Waals surface area contributed by atoms with E-state index in [4.69, 9.17) is 0 Å². The normalized spacial score (nSPS) is 11.1. The molecule has 2 rings (SSSR count). The molecule has 0 aliphatic rings. The monoisotopic (exact) mass is 372 g/mol. The van der Waals surface area contributed by atoms with Gasteiger partial charge in [-0.1, -0.05) is 34.1 Å². The smallest absolute Gasteiger partial charge is 0.266 e. The molecule has 2 aromatic rings. The fraction of sp³-hybridized carbons (Fsp3) is 0. The third-order valence-corrected chi connectivity index (χ3v) is 4.29. The molecule has 21 heavy (non-hydrogen) atoms. The SMILES string of the molecule is O=C(NNS(=O)(=O)c1ccccc1F)c1cccc(Br)c1. The third kappa shape index (κ3) is 3.87. The van der Waals surface area contributed by atoms with Crippen LogP contribution >= 0.6 is 15.9 Å². The molecule has 1 amide bonds. The second-order valence-corrected chi connectivity index (χ2v) is 6.57. The molecule has 2 aromatic carbocycles. The van der Waals surface area contributed by atoms with Gasteiger partial charge in [0.1, 0.15) is 10.7 Å². The molecule has 0 aliphatic heterocycles. The molecule has 0 bridgehead atoms. The van der Waals surface area contributed by atoms with Gasteiger partial charge in [-0.2, -0.15) is 0 Å². The highest BCUT2D eigenvalue weighted by Gasteiger charge is 2.19. The zero-order valence-electron chi connectivity index (χ0n) is 10.5. The molecule has 0 aromatic heterocycles. The Balaban J connectivity index is 2.12. The number of hydrogen-bond donors (Lipinski definition) is 2. The van der Waals surface area contributed by atoms with Crippen LogP contribution in [0.25, 0.3) is 0 Å². The number of rotatable bonds is 4. The van der Waals surface area contributed by atoms with Crippen LogP contribution in [-0.2, 0) is 10.0 Å². The van der Waals surface area contributed by atoms with E-state index >= 15 is 0 Å². The minimum atomic E-state index is -4.17. The van der Waals surface area contributed by atoms with E-state index in [0.29, 0.717) is 4.47 Å². The van der Waals surface area contributed by atoms with Crippen molar-refractivity contribution in [3.63, 3.8) is 0 Å². The Morgan fingerprint density at radius 3 is 2.48 bits per heavy atom. The van der Waals surface area contributed by atoms with Crippen LogP contribution in [0.15, 0.2) is 57.9 Å². The number of hydrogen-bond acceptors (Lipinski definition) is 3. The number of benzene rings is 2. The topological polar surface area (TPSA) is 75.3 Å². The molecule has 0 atom stereocenters. The molecule has 0 radical (unpaired) electrons. The molecular weight excluding hydrogens is 363 g/mol. The highest BCUT2D eigenvalue weighted by atomic mass is 79.9. The maximum absolute atomic E-state index is 13.4. The first-order valence-corrected chi connectivity index (χ1v) is 8.00. The lowest BCUT2D eigenvalue weighted by Crippen LogP contribution is -2.41. The number of carbonyl (C=O) groups is 1. The zero-order chi connectivity index (χ0) is 15.5. The summed E-state index contributed by atoms with van der Waals surface area (Å²) in [4.78, 5) is 13.1. The van der Waals surface area contributed by atoms with Gasteiger partial charge >= 0.3 is 0 Å². The second-order valence-electron chi connectivity index (χ2n) is 4.00. The van der Waals surface area contributed by atoms with Crippen LogP contribution < -0.4 is 10.3 Å². The van der Waals surface area contributed by atoms with Gasteiger partial charge in [-0.15, -0.1) is 4.83 Å². The first kappa shape index (κ1) is 15.6. The van der Waals surface area contributed by atoms with Gasteiger partial charge in [0.25, 0.3) is 15.9 Å². The summed E-state index contributed by atoms with van der Waals surface area (Å²) in [6.07, 6.45) is 0. The highest BCUT2D eigenvalue weighted by Crippen LogP contribution is 2.13. The summed E-state index contributed by atoms with van der Waals surface area (Å²) in [7, 11) is -4.17. The Bertz CT molecular complexity index is 780. The van der Waals surface area contributed by atoms with Crippen molar-refractivity contribution in [3.05, 3.63) is 64.4 Å². The minimum absolute atomic E-state index is 0.251. The van der Waals surface area contributed by atoms with Crippen molar-refractivity contribution in [2.45, 2.75) is 4.90 Å². The maximum atomic E-state index is 13.4. The quantitative estimate of drug-likeness (QED) is 0.807. The summed E-state index contributed by atoms with van der Waals surface area (Å²) in [6.45, 7) is 0. The Labute approximate surface area is 129 Å². The summed E-state index contributed by atoms with van der Waals surface area (Å²) >= 11 is 3.20. The highest BCUT2D eigenvalue weighted by molar-refractivity contribution is 9.10. The average Bonchev–Trinajstić information content (AvgIpc) is 2.45. The molecular formula is C13H10BrFN2O3S. The van der Waals surface area contributed by atoms with Crippen molar-refractivity contribution >= 4 is 31.9 Å². The van der Waals surface area contributed by atoms with Gasteiger partial charge in [0.2, 0.25) is 0 Å². The number of carbonyl (C=O) groups excluding carboxylic acids is 1. The van der Waals surface area contributed by atoms with Crippen LogP contribution in [0.2, 0.25) is 0 Å². The van der Waals surface area contributed by atoms with Crippen molar-refractivity contribution in [1.29, 1.82) is 0 Å². The van der Waals surface area contributed by atoms with E-state index < -0.39 is 26.6 Å². The van der Waals surface area contributed by atoms with E-state index in [1.54, 1.807) is 12.1 Å². The first-order valence-electron chi connectivity index (χ1n) is 5.72. The molecule has 0 saturated heterocycles. The number of halogens is 2. The number of hydrazine groups is 1. The maximum Gasteiger partial charge on any atom is 0.266 e. The Morgan fingerprint density at radius 2 is 1.81 bits per heavy atom.